The zero-order valence-electron chi connectivity index (χ0n) is 12.3. The molecule has 18 heavy (non-hydrogen) atoms. The molecule has 3 heteroatoms. The van der Waals surface area contributed by atoms with Crippen LogP contribution in [0.25, 0.3) is 0 Å². The fraction of sp³-hybridized carbons (Fsp3) is 0.933. The summed E-state index contributed by atoms with van der Waals surface area (Å²) in [5, 5.41) is 12.2. The first kappa shape index (κ1) is 15.5. The summed E-state index contributed by atoms with van der Waals surface area (Å²) < 4.78 is 0. The molecule has 2 atom stereocenters. The van der Waals surface area contributed by atoms with Crippen LogP contribution in [-0.4, -0.2) is 37.1 Å². The number of unbranched alkanes of at least 4 members (excludes halogenated alkanes) is 1. The van der Waals surface area contributed by atoms with Gasteiger partial charge in [-0.15, -0.1) is 0 Å². The van der Waals surface area contributed by atoms with Gasteiger partial charge in [0.1, 0.15) is 5.54 Å². The van der Waals surface area contributed by atoms with Crippen LogP contribution in [0.3, 0.4) is 0 Å². The minimum atomic E-state index is -0.338. The molecule has 0 amide bonds. The Labute approximate surface area is 113 Å². The summed E-state index contributed by atoms with van der Waals surface area (Å²) in [6.07, 6.45) is 7.41. The SMILES string of the molecule is CCCC1CCN(CCCCC(C)(C#N)NC)C1. The summed E-state index contributed by atoms with van der Waals surface area (Å²) in [6, 6.07) is 2.36. The Morgan fingerprint density at radius 2 is 2.22 bits per heavy atom. The van der Waals surface area contributed by atoms with E-state index >= 15 is 0 Å². The van der Waals surface area contributed by atoms with Gasteiger partial charge in [-0.25, -0.2) is 0 Å². The number of nitrogens with one attached hydrogen (secondary N) is 1. The standard InChI is InChI=1S/C15H29N3/c1-4-7-14-8-11-18(12-14)10-6-5-9-15(2,13-16)17-3/h14,17H,4-12H2,1-3H3. The van der Waals surface area contributed by atoms with Gasteiger partial charge >= 0.3 is 0 Å². The van der Waals surface area contributed by atoms with E-state index in [-0.39, 0.29) is 5.54 Å². The fourth-order valence-electron chi connectivity index (χ4n) is 2.81. The highest BCUT2D eigenvalue weighted by Gasteiger charge is 2.22. The van der Waals surface area contributed by atoms with Crippen molar-refractivity contribution in [2.24, 2.45) is 5.92 Å². The van der Waals surface area contributed by atoms with Crippen LogP contribution in [0, 0.1) is 17.2 Å². The van der Waals surface area contributed by atoms with Crippen LogP contribution in [0.4, 0.5) is 0 Å². The fourth-order valence-corrected chi connectivity index (χ4v) is 2.81. The van der Waals surface area contributed by atoms with Crippen molar-refractivity contribution in [3.63, 3.8) is 0 Å². The van der Waals surface area contributed by atoms with E-state index in [9.17, 15) is 0 Å². The second kappa shape index (κ2) is 7.76. The minimum Gasteiger partial charge on any atom is -0.303 e. The molecule has 1 fully saturated rings. The maximum absolute atomic E-state index is 9.07. The van der Waals surface area contributed by atoms with E-state index in [0.29, 0.717) is 0 Å². The molecule has 1 aliphatic rings. The minimum absolute atomic E-state index is 0.338. The molecule has 0 radical (unpaired) electrons. The van der Waals surface area contributed by atoms with Crippen molar-refractivity contribution in [1.82, 2.24) is 10.2 Å². The molecule has 0 aliphatic carbocycles. The molecule has 0 bridgehead atoms. The number of hydrogen-bond acceptors (Lipinski definition) is 3. The van der Waals surface area contributed by atoms with Gasteiger partial charge < -0.3 is 10.2 Å². The summed E-state index contributed by atoms with van der Waals surface area (Å²) >= 11 is 0. The molecular formula is C15H29N3. The monoisotopic (exact) mass is 251 g/mol. The quantitative estimate of drug-likeness (QED) is 0.674. The lowest BCUT2D eigenvalue weighted by Crippen LogP contribution is -2.38. The lowest BCUT2D eigenvalue weighted by molar-refractivity contribution is 0.305. The average Bonchev–Trinajstić information content (AvgIpc) is 2.83. The molecule has 0 spiro atoms. The molecule has 1 heterocycles. The summed E-state index contributed by atoms with van der Waals surface area (Å²) in [5.74, 6) is 0.941. The van der Waals surface area contributed by atoms with E-state index in [0.717, 1.165) is 18.8 Å². The molecule has 1 aliphatic heterocycles. The molecule has 1 N–H and O–H groups in total. The molecule has 0 aromatic heterocycles. The molecule has 0 aromatic carbocycles. The van der Waals surface area contributed by atoms with Gasteiger partial charge in [-0.3, -0.25) is 0 Å². The predicted octanol–water partition coefficient (Wildman–Crippen LogP) is 2.78. The van der Waals surface area contributed by atoms with Crippen LogP contribution in [0.15, 0.2) is 0 Å². The van der Waals surface area contributed by atoms with E-state index in [1.807, 2.05) is 14.0 Å². The van der Waals surface area contributed by atoms with Gasteiger partial charge in [0.25, 0.3) is 0 Å². The van der Waals surface area contributed by atoms with E-state index in [4.69, 9.17) is 5.26 Å². The molecule has 1 rings (SSSR count). The highest BCUT2D eigenvalue weighted by atomic mass is 15.1. The van der Waals surface area contributed by atoms with Gasteiger partial charge in [-0.2, -0.15) is 5.26 Å². The Balaban J connectivity index is 2.11. The molecule has 2 unspecified atom stereocenters. The third-order valence-corrected chi connectivity index (χ3v) is 4.27. The van der Waals surface area contributed by atoms with Gasteiger partial charge in [0.2, 0.25) is 0 Å². The maximum Gasteiger partial charge on any atom is 0.103 e. The zero-order valence-corrected chi connectivity index (χ0v) is 12.3. The van der Waals surface area contributed by atoms with Crippen molar-refractivity contribution in [1.29, 1.82) is 5.26 Å². The Morgan fingerprint density at radius 3 is 2.83 bits per heavy atom. The largest absolute Gasteiger partial charge is 0.303 e. The summed E-state index contributed by atoms with van der Waals surface area (Å²) in [6.45, 7) is 8.07. The van der Waals surface area contributed by atoms with E-state index < -0.39 is 0 Å². The first-order chi connectivity index (χ1) is 8.63. The van der Waals surface area contributed by atoms with Crippen LogP contribution in [0.5, 0.6) is 0 Å². The van der Waals surface area contributed by atoms with Gasteiger partial charge in [0.15, 0.2) is 0 Å². The number of rotatable bonds is 8. The van der Waals surface area contributed by atoms with E-state index in [1.54, 1.807) is 0 Å². The normalized spacial score (nSPS) is 23.8. The molecular weight excluding hydrogens is 222 g/mol. The van der Waals surface area contributed by atoms with Crippen molar-refractivity contribution in [3.8, 4) is 6.07 Å². The van der Waals surface area contributed by atoms with Gasteiger partial charge in [0, 0.05) is 6.54 Å². The van der Waals surface area contributed by atoms with Crippen molar-refractivity contribution >= 4 is 0 Å². The molecule has 3 nitrogen and oxygen atoms in total. The third kappa shape index (κ3) is 4.96. The van der Waals surface area contributed by atoms with E-state index in [2.05, 4.69) is 23.2 Å². The van der Waals surface area contributed by atoms with Crippen LogP contribution >= 0.6 is 0 Å². The van der Waals surface area contributed by atoms with Gasteiger partial charge in [0.05, 0.1) is 6.07 Å². The summed E-state index contributed by atoms with van der Waals surface area (Å²) in [4.78, 5) is 2.60. The van der Waals surface area contributed by atoms with Crippen molar-refractivity contribution in [3.05, 3.63) is 0 Å². The van der Waals surface area contributed by atoms with Crippen molar-refractivity contribution in [2.75, 3.05) is 26.7 Å². The lowest BCUT2D eigenvalue weighted by atomic mass is 9.97. The predicted molar refractivity (Wildman–Crippen MR) is 76.4 cm³/mol. The van der Waals surface area contributed by atoms with Crippen molar-refractivity contribution < 1.29 is 0 Å². The molecule has 104 valence electrons. The van der Waals surface area contributed by atoms with Crippen LogP contribution in [0.2, 0.25) is 0 Å². The number of nitriles is 1. The molecule has 0 saturated carbocycles. The first-order valence-corrected chi connectivity index (χ1v) is 7.46. The first-order valence-electron chi connectivity index (χ1n) is 7.46. The molecule has 0 aromatic rings. The highest BCUT2D eigenvalue weighted by Crippen LogP contribution is 2.21. The number of nitrogens with zero attached hydrogens (tertiary/aromatic N) is 2. The van der Waals surface area contributed by atoms with Crippen LogP contribution in [0.1, 0.15) is 52.4 Å². The Kier molecular flexibility index (Phi) is 6.67. The molecule has 1 saturated heterocycles. The van der Waals surface area contributed by atoms with Gasteiger partial charge in [-0.05, 0) is 65.1 Å². The highest BCUT2D eigenvalue weighted by molar-refractivity contribution is 5.02. The van der Waals surface area contributed by atoms with Crippen molar-refractivity contribution in [2.45, 2.75) is 57.9 Å². The van der Waals surface area contributed by atoms with Crippen LogP contribution < -0.4 is 5.32 Å². The Hall–Kier alpha value is -0.590. The maximum atomic E-state index is 9.07. The lowest BCUT2D eigenvalue weighted by Gasteiger charge is -2.21. The van der Waals surface area contributed by atoms with Gasteiger partial charge in [-0.1, -0.05) is 13.3 Å². The second-order valence-corrected chi connectivity index (χ2v) is 5.90. The summed E-state index contributed by atoms with van der Waals surface area (Å²) in [5.41, 5.74) is -0.338. The Bertz CT molecular complexity index is 271. The topological polar surface area (TPSA) is 39.1 Å². The second-order valence-electron chi connectivity index (χ2n) is 5.90. The third-order valence-electron chi connectivity index (χ3n) is 4.27. The smallest absolute Gasteiger partial charge is 0.103 e. The van der Waals surface area contributed by atoms with E-state index in [1.165, 1.54) is 45.3 Å². The van der Waals surface area contributed by atoms with Crippen LogP contribution in [-0.2, 0) is 0 Å². The number of hydrogen-bond donors (Lipinski definition) is 1. The average molecular weight is 251 g/mol. The zero-order chi connectivity index (χ0) is 13.4. The number of likely N-dealkylation sites (tertiary alicyclic amines) is 1. The summed E-state index contributed by atoms with van der Waals surface area (Å²) in [7, 11) is 1.87. The Morgan fingerprint density at radius 1 is 1.44 bits per heavy atom.